The van der Waals surface area contributed by atoms with Gasteiger partial charge in [0.25, 0.3) is 0 Å². The molecule has 0 radical (unpaired) electrons. The van der Waals surface area contributed by atoms with Gasteiger partial charge in [0, 0.05) is 12.8 Å². The highest BCUT2D eigenvalue weighted by molar-refractivity contribution is 5.76. The van der Waals surface area contributed by atoms with Crippen LogP contribution in [0.15, 0.2) is 36.5 Å². The molecule has 0 aromatic heterocycles. The number of ether oxygens (including phenoxy) is 3. The topological polar surface area (TPSA) is 175 Å². The van der Waals surface area contributed by atoms with E-state index >= 15 is 0 Å². The minimum Gasteiger partial charge on any atom is -0.466 e. The number of unbranched alkanes of at least 4 members (excludes halogenated alkanes) is 49. The molecule has 7 atom stereocenters. The summed E-state index contributed by atoms with van der Waals surface area (Å²) in [5.74, 6) is -0.172. The molecule has 0 aromatic rings. The zero-order valence-corrected chi connectivity index (χ0v) is 57.0. The Morgan fingerprint density at radius 1 is 0.414 bits per heavy atom. The fourth-order valence-corrected chi connectivity index (χ4v) is 12.0. The number of aliphatic hydroxyl groups excluding tert-OH is 5. The Morgan fingerprint density at radius 3 is 1.16 bits per heavy atom. The van der Waals surface area contributed by atoms with E-state index in [2.05, 4.69) is 43.5 Å². The Hall–Kier alpha value is -2.12. The smallest absolute Gasteiger partial charge is 0.305 e. The van der Waals surface area contributed by atoms with Gasteiger partial charge >= 0.3 is 5.97 Å². The highest BCUT2D eigenvalue weighted by Gasteiger charge is 2.44. The van der Waals surface area contributed by atoms with Crippen molar-refractivity contribution in [3.05, 3.63) is 36.5 Å². The van der Waals surface area contributed by atoms with E-state index in [-0.39, 0.29) is 18.5 Å². The van der Waals surface area contributed by atoms with Crippen LogP contribution in [0.1, 0.15) is 373 Å². The van der Waals surface area contributed by atoms with Gasteiger partial charge in [-0.05, 0) is 70.6 Å². The van der Waals surface area contributed by atoms with Crippen molar-refractivity contribution >= 4 is 11.9 Å². The second-order valence-corrected chi connectivity index (χ2v) is 26.3. The van der Waals surface area contributed by atoms with Crippen LogP contribution < -0.4 is 5.32 Å². The molecule has 1 rings (SSSR count). The predicted molar refractivity (Wildman–Crippen MR) is 366 cm³/mol. The number of amides is 1. The van der Waals surface area contributed by atoms with Crippen molar-refractivity contribution in [3.8, 4) is 0 Å². The van der Waals surface area contributed by atoms with Crippen LogP contribution >= 0.6 is 0 Å². The minimum absolute atomic E-state index is 0.0166. The molecule has 1 heterocycles. The lowest BCUT2D eigenvalue weighted by Gasteiger charge is -2.40. The molecule has 11 heteroatoms. The third kappa shape index (κ3) is 54.2. The van der Waals surface area contributed by atoms with Crippen molar-refractivity contribution < 1.29 is 49.3 Å². The maximum atomic E-state index is 13.0. The molecule has 512 valence electrons. The number of aliphatic hydroxyl groups is 5. The van der Waals surface area contributed by atoms with Crippen molar-refractivity contribution in [2.24, 2.45) is 0 Å². The summed E-state index contributed by atoms with van der Waals surface area (Å²) >= 11 is 0. The lowest BCUT2D eigenvalue weighted by molar-refractivity contribution is -0.302. The lowest BCUT2D eigenvalue weighted by atomic mass is 9.99. The number of rotatable bonds is 67. The highest BCUT2D eigenvalue weighted by Crippen LogP contribution is 2.24. The van der Waals surface area contributed by atoms with Gasteiger partial charge in [-0.2, -0.15) is 0 Å². The van der Waals surface area contributed by atoms with E-state index < -0.39 is 49.5 Å². The van der Waals surface area contributed by atoms with Crippen LogP contribution in [0.25, 0.3) is 0 Å². The molecule has 87 heavy (non-hydrogen) atoms. The first-order chi connectivity index (χ1) is 42.7. The highest BCUT2D eigenvalue weighted by atomic mass is 16.7. The number of esters is 1. The van der Waals surface area contributed by atoms with Crippen molar-refractivity contribution in [1.29, 1.82) is 0 Å². The number of carbonyl (C=O) groups excluding carboxylic acids is 2. The monoisotopic (exact) mass is 1230 g/mol. The van der Waals surface area contributed by atoms with E-state index in [4.69, 9.17) is 14.2 Å². The van der Waals surface area contributed by atoms with E-state index in [0.29, 0.717) is 19.4 Å². The van der Waals surface area contributed by atoms with E-state index in [1.165, 1.54) is 295 Å². The van der Waals surface area contributed by atoms with Gasteiger partial charge < -0.3 is 45.1 Å². The maximum Gasteiger partial charge on any atom is 0.305 e. The fourth-order valence-electron chi connectivity index (χ4n) is 12.0. The Morgan fingerprint density at radius 2 is 0.747 bits per heavy atom. The van der Waals surface area contributed by atoms with Gasteiger partial charge in [-0.25, -0.2) is 0 Å². The van der Waals surface area contributed by atoms with Gasteiger partial charge in [0.05, 0.1) is 32.0 Å². The number of nitrogens with one attached hydrogen (secondary N) is 1. The molecule has 7 unspecified atom stereocenters. The lowest BCUT2D eigenvalue weighted by Crippen LogP contribution is -2.60. The molecule has 0 aromatic carbocycles. The number of hydrogen-bond donors (Lipinski definition) is 6. The van der Waals surface area contributed by atoms with E-state index in [1.807, 2.05) is 6.08 Å². The molecular formula is C76H143NO10. The summed E-state index contributed by atoms with van der Waals surface area (Å²) in [7, 11) is 0. The SMILES string of the molecule is CCCCC/C=C/CC/C=C/C(O)C(COC1OC(CO)C(O)C(O)C1O)NC(=O)CCCCCCCCCCCCCCCCCCC/C=C\CCCCCCCCCCCCCCCCCCCCOC(=O)CCCCCCCCCCCCC. The van der Waals surface area contributed by atoms with Crippen LogP contribution in [-0.4, -0.2) is 100 Å². The van der Waals surface area contributed by atoms with Gasteiger partial charge in [-0.15, -0.1) is 0 Å². The molecule has 0 bridgehead atoms. The number of carbonyl (C=O) groups is 2. The van der Waals surface area contributed by atoms with Crippen LogP contribution in [0.5, 0.6) is 0 Å². The predicted octanol–water partition coefficient (Wildman–Crippen LogP) is 19.7. The molecule has 0 spiro atoms. The summed E-state index contributed by atoms with van der Waals surface area (Å²) in [6.45, 7) is 4.31. The first-order valence-electron chi connectivity index (χ1n) is 37.8. The third-order valence-corrected chi connectivity index (χ3v) is 18.0. The molecule has 1 amide bonds. The van der Waals surface area contributed by atoms with Gasteiger partial charge in [-0.3, -0.25) is 9.59 Å². The first-order valence-corrected chi connectivity index (χ1v) is 37.8. The van der Waals surface area contributed by atoms with Crippen LogP contribution in [0, 0.1) is 0 Å². The zero-order chi connectivity index (χ0) is 63.0. The van der Waals surface area contributed by atoms with Gasteiger partial charge in [0.15, 0.2) is 6.29 Å². The number of hydrogen-bond acceptors (Lipinski definition) is 10. The minimum atomic E-state index is -1.57. The van der Waals surface area contributed by atoms with Crippen molar-refractivity contribution in [2.75, 3.05) is 19.8 Å². The molecule has 1 saturated heterocycles. The second-order valence-electron chi connectivity index (χ2n) is 26.3. The van der Waals surface area contributed by atoms with Gasteiger partial charge in [0.1, 0.15) is 24.4 Å². The largest absolute Gasteiger partial charge is 0.466 e. The quantitative estimate of drug-likeness (QED) is 0.0195. The van der Waals surface area contributed by atoms with Crippen molar-refractivity contribution in [2.45, 2.75) is 416 Å². The summed E-state index contributed by atoms with van der Waals surface area (Å²) in [6.07, 6.45) is 74.8. The molecular weight excluding hydrogens is 1090 g/mol. The Kier molecular flexibility index (Phi) is 62.3. The molecule has 0 saturated carbocycles. The van der Waals surface area contributed by atoms with E-state index in [0.717, 1.165) is 51.4 Å². The average molecular weight is 1230 g/mol. The van der Waals surface area contributed by atoms with Crippen molar-refractivity contribution in [1.82, 2.24) is 5.32 Å². The third-order valence-electron chi connectivity index (χ3n) is 18.0. The van der Waals surface area contributed by atoms with Crippen LogP contribution in [0.2, 0.25) is 0 Å². The van der Waals surface area contributed by atoms with Crippen LogP contribution in [0.3, 0.4) is 0 Å². The fraction of sp³-hybridized carbons (Fsp3) is 0.895. The van der Waals surface area contributed by atoms with Gasteiger partial charge in [-0.1, -0.05) is 326 Å². The zero-order valence-electron chi connectivity index (χ0n) is 57.0. The van der Waals surface area contributed by atoms with E-state index in [9.17, 15) is 35.1 Å². The Labute approximate surface area is 536 Å². The summed E-state index contributed by atoms with van der Waals surface area (Å²) < 4.78 is 16.7. The molecule has 1 fully saturated rings. The second kappa shape index (κ2) is 65.4. The maximum absolute atomic E-state index is 13.0. The first kappa shape index (κ1) is 82.9. The summed E-state index contributed by atoms with van der Waals surface area (Å²) in [5.41, 5.74) is 0. The Bertz CT molecular complexity index is 1540. The Balaban J connectivity index is 1.87. The number of allylic oxidation sites excluding steroid dienone is 5. The molecule has 6 N–H and O–H groups in total. The summed E-state index contributed by atoms with van der Waals surface area (Å²) in [6, 6.07) is -0.823. The molecule has 1 aliphatic heterocycles. The van der Waals surface area contributed by atoms with Crippen molar-refractivity contribution in [3.63, 3.8) is 0 Å². The summed E-state index contributed by atoms with van der Waals surface area (Å²) in [4.78, 5) is 25.0. The van der Waals surface area contributed by atoms with Gasteiger partial charge in [0.2, 0.25) is 5.91 Å². The standard InChI is InChI=1S/C76H143NO10/c1-3-5-7-9-11-13-43-48-52-56-60-64-72(81)85-65-61-57-53-49-45-42-40-38-36-34-32-30-28-26-24-22-20-18-16-14-15-17-19-21-23-25-27-29-31-33-35-37-39-41-44-47-51-55-59-63-71(80)77-68(69(79)62-58-54-50-46-12-10-8-6-4-2)67-86-76-75(84)74(83)73(82)70(66-78)87-76/h12,14-15,46,58,62,68-70,73-76,78-79,82-84H,3-11,13,16-45,47-57,59-61,63-67H2,1-2H3,(H,77,80)/b15-14-,46-12+,62-58+. The summed E-state index contributed by atoms with van der Waals surface area (Å²) in [5, 5.41) is 54.3. The van der Waals surface area contributed by atoms with Crippen LogP contribution in [-0.2, 0) is 23.8 Å². The van der Waals surface area contributed by atoms with E-state index in [1.54, 1.807) is 6.08 Å². The average Bonchev–Trinajstić information content (AvgIpc) is 2.97. The molecule has 0 aliphatic carbocycles. The van der Waals surface area contributed by atoms with Crippen LogP contribution in [0.4, 0.5) is 0 Å². The molecule has 1 aliphatic rings. The molecule has 11 nitrogen and oxygen atoms in total. The normalized spacial score (nSPS) is 18.0.